The summed E-state index contributed by atoms with van der Waals surface area (Å²) in [7, 11) is 1.72. The van der Waals surface area contributed by atoms with E-state index in [1.165, 1.54) is 0 Å². The third kappa shape index (κ3) is 2.45. The van der Waals surface area contributed by atoms with Gasteiger partial charge in [-0.15, -0.1) is 5.10 Å². The molecule has 4 nitrogen and oxygen atoms in total. The van der Waals surface area contributed by atoms with Gasteiger partial charge in [-0.2, -0.15) is 5.10 Å². The zero-order valence-corrected chi connectivity index (χ0v) is 12.1. The van der Waals surface area contributed by atoms with E-state index < -0.39 is 0 Å². The Bertz CT molecular complexity index is 768. The second kappa shape index (κ2) is 5.50. The summed E-state index contributed by atoms with van der Waals surface area (Å²) >= 11 is 6.04. The molecule has 0 N–H and O–H groups in total. The minimum absolute atomic E-state index is 0.160. The number of hydrogen-bond acceptors (Lipinski definition) is 3. The summed E-state index contributed by atoms with van der Waals surface area (Å²) in [5, 5.41) is 8.66. The molecular weight excluding hydrogens is 286 g/mol. The fourth-order valence-electron chi connectivity index (χ4n) is 2.18. The van der Waals surface area contributed by atoms with Crippen molar-refractivity contribution in [2.75, 3.05) is 11.9 Å². The molecule has 1 heterocycles. The molecule has 0 radical (unpaired) electrons. The number of benzene rings is 2. The maximum Gasteiger partial charge on any atom is 0.279 e. The fraction of sp³-hybridized carbons (Fsp3) is 0.0625. The molecule has 5 heteroatoms. The summed E-state index contributed by atoms with van der Waals surface area (Å²) in [5.74, 6) is -0.160. The van der Waals surface area contributed by atoms with Crippen molar-refractivity contribution >= 4 is 35.1 Å². The Labute approximate surface area is 127 Å². The molecule has 0 saturated carbocycles. The zero-order valence-electron chi connectivity index (χ0n) is 11.3. The Kier molecular flexibility index (Phi) is 3.54. The molecule has 0 aromatic heterocycles. The smallest absolute Gasteiger partial charge is 0.279 e. The van der Waals surface area contributed by atoms with Crippen LogP contribution in [0.4, 0.5) is 5.69 Å². The van der Waals surface area contributed by atoms with E-state index in [4.69, 9.17) is 11.6 Å². The summed E-state index contributed by atoms with van der Waals surface area (Å²) in [6, 6.07) is 14.8. The molecule has 0 unspecified atom stereocenters. The predicted octanol–water partition coefficient (Wildman–Crippen LogP) is 3.14. The molecule has 0 aliphatic carbocycles. The zero-order chi connectivity index (χ0) is 14.8. The predicted molar refractivity (Wildman–Crippen MR) is 85.4 cm³/mol. The first-order valence-corrected chi connectivity index (χ1v) is 6.79. The molecule has 104 valence electrons. The van der Waals surface area contributed by atoms with Gasteiger partial charge >= 0.3 is 0 Å². The number of anilines is 1. The molecule has 0 saturated heterocycles. The minimum Gasteiger partial charge on any atom is -0.309 e. The normalized spacial score (nSPS) is 16.0. The van der Waals surface area contributed by atoms with Crippen molar-refractivity contribution in [2.45, 2.75) is 0 Å². The van der Waals surface area contributed by atoms with Crippen LogP contribution in [0.5, 0.6) is 0 Å². The largest absolute Gasteiger partial charge is 0.309 e. The summed E-state index contributed by atoms with van der Waals surface area (Å²) in [6.07, 6.45) is 1.55. The minimum atomic E-state index is -0.160. The molecule has 2 aromatic carbocycles. The van der Waals surface area contributed by atoms with Crippen LogP contribution in [0.2, 0.25) is 5.02 Å². The van der Waals surface area contributed by atoms with Gasteiger partial charge in [0.25, 0.3) is 5.91 Å². The Balaban J connectivity index is 1.94. The number of nitrogens with zero attached hydrogens (tertiary/aromatic N) is 3. The monoisotopic (exact) mass is 297 g/mol. The van der Waals surface area contributed by atoms with Gasteiger partial charge in [-0.25, -0.2) is 0 Å². The number of carbonyl (C=O) groups is 1. The van der Waals surface area contributed by atoms with Crippen LogP contribution in [0.3, 0.4) is 0 Å². The molecule has 1 amide bonds. The first-order valence-electron chi connectivity index (χ1n) is 6.41. The van der Waals surface area contributed by atoms with Crippen LogP contribution in [0.1, 0.15) is 11.1 Å². The molecule has 0 fully saturated rings. The van der Waals surface area contributed by atoms with Crippen molar-refractivity contribution in [3.63, 3.8) is 0 Å². The van der Waals surface area contributed by atoms with E-state index in [-0.39, 0.29) is 5.91 Å². The van der Waals surface area contributed by atoms with E-state index in [1.54, 1.807) is 24.2 Å². The van der Waals surface area contributed by atoms with E-state index in [1.807, 2.05) is 42.5 Å². The van der Waals surface area contributed by atoms with Crippen molar-refractivity contribution in [3.05, 3.63) is 64.7 Å². The van der Waals surface area contributed by atoms with Crippen LogP contribution in [-0.2, 0) is 4.79 Å². The topological polar surface area (TPSA) is 45.0 Å². The lowest BCUT2D eigenvalue weighted by molar-refractivity contribution is -0.111. The first kappa shape index (κ1) is 13.5. The maximum absolute atomic E-state index is 12.2. The highest BCUT2D eigenvalue weighted by atomic mass is 35.5. The summed E-state index contributed by atoms with van der Waals surface area (Å²) in [6.45, 7) is 0. The highest BCUT2D eigenvalue weighted by Gasteiger charge is 2.30. The van der Waals surface area contributed by atoms with Crippen molar-refractivity contribution in [2.24, 2.45) is 10.2 Å². The van der Waals surface area contributed by atoms with Gasteiger partial charge in [0.05, 0.1) is 11.9 Å². The van der Waals surface area contributed by atoms with Gasteiger partial charge in [-0.1, -0.05) is 48.0 Å². The van der Waals surface area contributed by atoms with Crippen molar-refractivity contribution in [1.82, 2.24) is 0 Å². The molecule has 2 aromatic rings. The van der Waals surface area contributed by atoms with E-state index >= 15 is 0 Å². The Morgan fingerprint density at radius 2 is 1.81 bits per heavy atom. The number of hydrogen-bond donors (Lipinski definition) is 0. The fourth-order valence-corrected chi connectivity index (χ4v) is 2.36. The molecule has 0 spiro atoms. The van der Waals surface area contributed by atoms with Gasteiger partial charge < -0.3 is 4.90 Å². The standard InChI is InChI=1S/C16H12ClN3O/c1-20-14-9-5-3-7-12(14)15(16(20)21)19-18-10-11-6-2-4-8-13(11)17/h2-10H,1H3/b18-10-,19-15+. The van der Waals surface area contributed by atoms with Crippen molar-refractivity contribution in [3.8, 4) is 0 Å². The molecule has 21 heavy (non-hydrogen) atoms. The lowest BCUT2D eigenvalue weighted by atomic mass is 10.1. The second-order valence-electron chi connectivity index (χ2n) is 4.60. The van der Waals surface area contributed by atoms with Gasteiger partial charge in [0.2, 0.25) is 0 Å². The third-order valence-corrected chi connectivity index (χ3v) is 3.63. The van der Waals surface area contributed by atoms with Crippen molar-refractivity contribution in [1.29, 1.82) is 0 Å². The SMILES string of the molecule is CN1C(=O)/C(=N/N=C\c2ccccc2Cl)c2ccccc21. The quantitative estimate of drug-likeness (QED) is 0.620. The number of halogens is 1. The van der Waals surface area contributed by atoms with E-state index in [9.17, 15) is 4.79 Å². The Morgan fingerprint density at radius 3 is 2.62 bits per heavy atom. The van der Waals surface area contributed by atoms with Crippen LogP contribution >= 0.6 is 11.6 Å². The van der Waals surface area contributed by atoms with Crippen LogP contribution < -0.4 is 4.90 Å². The van der Waals surface area contributed by atoms with Gasteiger partial charge in [0, 0.05) is 23.2 Å². The van der Waals surface area contributed by atoms with Crippen LogP contribution in [-0.4, -0.2) is 24.9 Å². The number of amides is 1. The molecular formula is C16H12ClN3O. The molecule has 1 aliphatic heterocycles. The number of rotatable bonds is 2. The average Bonchev–Trinajstić information content (AvgIpc) is 2.74. The number of carbonyl (C=O) groups excluding carboxylic acids is 1. The van der Waals surface area contributed by atoms with Crippen LogP contribution in [0.15, 0.2) is 58.7 Å². The summed E-state index contributed by atoms with van der Waals surface area (Å²) < 4.78 is 0. The van der Waals surface area contributed by atoms with Gasteiger partial charge in [-0.3, -0.25) is 4.79 Å². The van der Waals surface area contributed by atoms with Crippen LogP contribution in [0.25, 0.3) is 0 Å². The highest BCUT2D eigenvalue weighted by Crippen LogP contribution is 2.27. The number of fused-ring (bicyclic) bond motifs is 1. The Hall–Kier alpha value is -2.46. The lowest BCUT2D eigenvalue weighted by Crippen LogP contribution is -2.25. The van der Waals surface area contributed by atoms with Crippen molar-refractivity contribution < 1.29 is 4.79 Å². The van der Waals surface area contributed by atoms with Gasteiger partial charge in [-0.05, 0) is 12.1 Å². The maximum atomic E-state index is 12.2. The summed E-state index contributed by atoms with van der Waals surface area (Å²) in [4.78, 5) is 13.7. The molecule has 1 aliphatic rings. The number of para-hydroxylation sites is 1. The van der Waals surface area contributed by atoms with Gasteiger partial charge in [0.1, 0.15) is 0 Å². The van der Waals surface area contributed by atoms with E-state index in [0.29, 0.717) is 10.7 Å². The number of likely N-dealkylation sites (N-methyl/N-ethyl adjacent to an activating group) is 1. The molecule has 3 rings (SSSR count). The van der Waals surface area contributed by atoms with Gasteiger partial charge in [0.15, 0.2) is 5.71 Å². The van der Waals surface area contributed by atoms with E-state index in [2.05, 4.69) is 10.2 Å². The molecule has 0 bridgehead atoms. The molecule has 0 atom stereocenters. The second-order valence-corrected chi connectivity index (χ2v) is 5.00. The average molecular weight is 298 g/mol. The Morgan fingerprint density at radius 1 is 1.10 bits per heavy atom. The third-order valence-electron chi connectivity index (χ3n) is 3.29. The lowest BCUT2D eigenvalue weighted by Gasteiger charge is -2.07. The first-order chi connectivity index (χ1) is 10.2. The van der Waals surface area contributed by atoms with E-state index in [0.717, 1.165) is 16.8 Å². The van der Waals surface area contributed by atoms with Crippen LogP contribution in [0, 0.1) is 0 Å². The highest BCUT2D eigenvalue weighted by molar-refractivity contribution is 6.54. The summed E-state index contributed by atoms with van der Waals surface area (Å²) in [5.41, 5.74) is 2.74.